The molecule has 0 amide bonds. The fraction of sp³-hybridized carbons (Fsp3) is 0.636. The van der Waals surface area contributed by atoms with E-state index in [4.69, 9.17) is 4.74 Å². The quantitative estimate of drug-likeness (QED) is 0.746. The van der Waals surface area contributed by atoms with Crippen molar-refractivity contribution in [1.29, 1.82) is 0 Å². The molecule has 1 atom stereocenters. The van der Waals surface area contributed by atoms with Crippen molar-refractivity contribution in [2.45, 2.75) is 19.6 Å². The SMILES string of the molecule is COC(C)C(=O)c1c(Br)cnn1CCN(C)C. The summed E-state index contributed by atoms with van der Waals surface area (Å²) in [6, 6.07) is 0. The molecule has 0 aliphatic carbocycles. The molecule has 0 saturated carbocycles. The van der Waals surface area contributed by atoms with E-state index in [-0.39, 0.29) is 5.78 Å². The molecule has 0 fully saturated rings. The fourth-order valence-corrected chi connectivity index (χ4v) is 1.86. The maximum absolute atomic E-state index is 12.1. The van der Waals surface area contributed by atoms with Crippen molar-refractivity contribution in [3.63, 3.8) is 0 Å². The van der Waals surface area contributed by atoms with E-state index < -0.39 is 6.10 Å². The summed E-state index contributed by atoms with van der Waals surface area (Å²) in [5.41, 5.74) is 0.571. The molecule has 0 N–H and O–H groups in total. The lowest BCUT2D eigenvalue weighted by Gasteiger charge is -2.13. The average Bonchev–Trinajstić information content (AvgIpc) is 2.65. The Bertz CT molecular complexity index is 390. The Kier molecular flexibility index (Phi) is 5.30. The number of carbonyl (C=O) groups excluding carboxylic acids is 1. The van der Waals surface area contributed by atoms with Gasteiger partial charge in [0.05, 0.1) is 17.2 Å². The summed E-state index contributed by atoms with van der Waals surface area (Å²) < 4.78 is 7.47. The van der Waals surface area contributed by atoms with E-state index in [1.807, 2.05) is 19.0 Å². The molecule has 0 aromatic carbocycles. The summed E-state index contributed by atoms with van der Waals surface area (Å²) in [5.74, 6) is -0.0596. The maximum atomic E-state index is 12.1. The van der Waals surface area contributed by atoms with Gasteiger partial charge in [0.15, 0.2) is 0 Å². The monoisotopic (exact) mass is 303 g/mol. The van der Waals surface area contributed by atoms with Gasteiger partial charge in [-0.15, -0.1) is 0 Å². The van der Waals surface area contributed by atoms with E-state index in [0.717, 1.165) is 6.54 Å². The molecule has 96 valence electrons. The Morgan fingerprint density at radius 1 is 1.65 bits per heavy atom. The number of hydrogen-bond donors (Lipinski definition) is 0. The van der Waals surface area contributed by atoms with Crippen LogP contribution >= 0.6 is 15.9 Å². The fourth-order valence-electron chi connectivity index (χ4n) is 1.37. The molecule has 1 heterocycles. The summed E-state index contributed by atoms with van der Waals surface area (Å²) in [5, 5.41) is 4.19. The van der Waals surface area contributed by atoms with Crippen molar-refractivity contribution in [3.05, 3.63) is 16.4 Å². The lowest BCUT2D eigenvalue weighted by atomic mass is 10.2. The van der Waals surface area contributed by atoms with Gasteiger partial charge in [-0.2, -0.15) is 5.10 Å². The zero-order chi connectivity index (χ0) is 13.0. The Labute approximate surface area is 110 Å². The smallest absolute Gasteiger partial charge is 0.210 e. The third-order valence-electron chi connectivity index (χ3n) is 2.51. The van der Waals surface area contributed by atoms with Crippen LogP contribution in [0.5, 0.6) is 0 Å². The number of aromatic nitrogens is 2. The summed E-state index contributed by atoms with van der Waals surface area (Å²) in [6.07, 6.45) is 1.19. The van der Waals surface area contributed by atoms with Crippen LogP contribution in [0.15, 0.2) is 10.7 Å². The van der Waals surface area contributed by atoms with Crippen LogP contribution in [0.3, 0.4) is 0 Å². The van der Waals surface area contributed by atoms with Crippen molar-refractivity contribution >= 4 is 21.7 Å². The van der Waals surface area contributed by atoms with E-state index in [1.165, 1.54) is 7.11 Å². The lowest BCUT2D eigenvalue weighted by molar-refractivity contribution is 0.0643. The van der Waals surface area contributed by atoms with Crippen molar-refractivity contribution in [2.24, 2.45) is 0 Å². The minimum atomic E-state index is -0.457. The number of likely N-dealkylation sites (N-methyl/N-ethyl adjacent to an activating group) is 1. The van der Waals surface area contributed by atoms with Crippen LogP contribution in [0.1, 0.15) is 17.4 Å². The number of carbonyl (C=O) groups is 1. The van der Waals surface area contributed by atoms with Crippen LogP contribution < -0.4 is 0 Å². The molecule has 0 aliphatic heterocycles. The largest absolute Gasteiger partial charge is 0.374 e. The van der Waals surface area contributed by atoms with Crippen molar-refractivity contribution < 1.29 is 9.53 Å². The highest BCUT2D eigenvalue weighted by atomic mass is 79.9. The van der Waals surface area contributed by atoms with Gasteiger partial charge in [0, 0.05) is 13.7 Å². The second-order valence-corrected chi connectivity index (χ2v) is 4.96. The molecule has 1 aromatic rings. The molecule has 1 unspecified atom stereocenters. The van der Waals surface area contributed by atoms with Gasteiger partial charge in [-0.05, 0) is 36.9 Å². The standard InChI is InChI=1S/C11H18BrN3O2/c1-8(17-4)11(16)10-9(12)7-13-15(10)6-5-14(2)3/h7-8H,5-6H2,1-4H3. The van der Waals surface area contributed by atoms with Gasteiger partial charge in [0.1, 0.15) is 11.8 Å². The summed E-state index contributed by atoms with van der Waals surface area (Å²) in [6.45, 7) is 3.24. The van der Waals surface area contributed by atoms with E-state index in [2.05, 4.69) is 21.0 Å². The molecule has 1 aromatic heterocycles. The highest BCUT2D eigenvalue weighted by molar-refractivity contribution is 9.10. The third-order valence-corrected chi connectivity index (χ3v) is 3.09. The highest BCUT2D eigenvalue weighted by Gasteiger charge is 2.22. The number of Topliss-reactive ketones (excluding diaryl/α,β-unsaturated/α-hetero) is 1. The Balaban J connectivity index is 2.90. The maximum Gasteiger partial charge on any atom is 0.210 e. The predicted molar refractivity (Wildman–Crippen MR) is 69.3 cm³/mol. The molecule has 0 bridgehead atoms. The first-order valence-corrected chi connectivity index (χ1v) is 6.19. The highest BCUT2D eigenvalue weighted by Crippen LogP contribution is 2.18. The van der Waals surface area contributed by atoms with Crippen molar-refractivity contribution in [3.8, 4) is 0 Å². The van der Waals surface area contributed by atoms with Gasteiger partial charge in [0.2, 0.25) is 5.78 Å². The summed E-state index contributed by atoms with van der Waals surface area (Å²) in [7, 11) is 5.49. The van der Waals surface area contributed by atoms with Crippen LogP contribution in [0.2, 0.25) is 0 Å². The molecule has 5 nitrogen and oxygen atoms in total. The Morgan fingerprint density at radius 3 is 2.82 bits per heavy atom. The molecule has 0 spiro atoms. The first-order chi connectivity index (χ1) is 7.97. The summed E-state index contributed by atoms with van der Waals surface area (Å²) >= 11 is 3.35. The number of hydrogen-bond acceptors (Lipinski definition) is 4. The van der Waals surface area contributed by atoms with E-state index >= 15 is 0 Å². The first-order valence-electron chi connectivity index (χ1n) is 5.40. The molecule has 1 rings (SSSR count). The molecular formula is C11H18BrN3O2. The van der Waals surface area contributed by atoms with Gasteiger partial charge < -0.3 is 9.64 Å². The second-order valence-electron chi connectivity index (χ2n) is 4.11. The van der Waals surface area contributed by atoms with E-state index in [0.29, 0.717) is 16.7 Å². The van der Waals surface area contributed by atoms with Gasteiger partial charge in [-0.25, -0.2) is 0 Å². The number of halogens is 1. The van der Waals surface area contributed by atoms with Gasteiger partial charge in [-0.1, -0.05) is 0 Å². The van der Waals surface area contributed by atoms with Gasteiger partial charge >= 0.3 is 0 Å². The number of nitrogens with zero attached hydrogens (tertiary/aromatic N) is 3. The minimum Gasteiger partial charge on any atom is -0.374 e. The normalized spacial score (nSPS) is 13.1. The molecular weight excluding hydrogens is 286 g/mol. The van der Waals surface area contributed by atoms with Crippen LogP contribution in [0.25, 0.3) is 0 Å². The number of rotatable bonds is 6. The Morgan fingerprint density at radius 2 is 2.29 bits per heavy atom. The topological polar surface area (TPSA) is 47.4 Å². The lowest BCUT2D eigenvalue weighted by Crippen LogP contribution is -2.26. The van der Waals surface area contributed by atoms with Crippen LogP contribution in [0, 0.1) is 0 Å². The van der Waals surface area contributed by atoms with Gasteiger partial charge in [0.25, 0.3) is 0 Å². The van der Waals surface area contributed by atoms with E-state index in [9.17, 15) is 4.79 Å². The predicted octanol–water partition coefficient (Wildman–Crippen LogP) is 1.42. The number of methoxy groups -OCH3 is 1. The molecule has 17 heavy (non-hydrogen) atoms. The van der Waals surface area contributed by atoms with Gasteiger partial charge in [-0.3, -0.25) is 9.48 Å². The summed E-state index contributed by atoms with van der Waals surface area (Å²) in [4.78, 5) is 14.1. The van der Waals surface area contributed by atoms with E-state index in [1.54, 1.807) is 17.8 Å². The molecule has 6 heteroatoms. The van der Waals surface area contributed by atoms with Crippen LogP contribution in [-0.2, 0) is 11.3 Å². The van der Waals surface area contributed by atoms with Crippen LogP contribution in [0.4, 0.5) is 0 Å². The van der Waals surface area contributed by atoms with Crippen molar-refractivity contribution in [1.82, 2.24) is 14.7 Å². The zero-order valence-corrected chi connectivity index (χ0v) is 12.2. The molecule has 0 saturated heterocycles. The number of ketones is 1. The third kappa shape index (κ3) is 3.62. The molecule has 0 radical (unpaired) electrons. The Hall–Kier alpha value is -0.720. The zero-order valence-electron chi connectivity index (χ0n) is 10.6. The second kappa shape index (κ2) is 6.28. The minimum absolute atomic E-state index is 0.0596. The molecule has 0 aliphatic rings. The average molecular weight is 304 g/mol. The first kappa shape index (κ1) is 14.3. The van der Waals surface area contributed by atoms with Crippen molar-refractivity contribution in [2.75, 3.05) is 27.7 Å². The number of ether oxygens (including phenoxy) is 1. The van der Waals surface area contributed by atoms with Crippen LogP contribution in [-0.4, -0.2) is 54.3 Å².